The number of carboxylic acids is 1. The molecule has 0 saturated carbocycles. The SMILES string of the molecule is O=C(O)c1ccc(-c2ccccc2)cc1C(=O)N[C@H]1CN2CCC1CC2. The third-order valence-corrected chi connectivity index (χ3v) is 5.57. The van der Waals surface area contributed by atoms with Crippen LogP contribution in [0, 0.1) is 5.92 Å². The van der Waals surface area contributed by atoms with Crippen LogP contribution in [-0.4, -0.2) is 47.6 Å². The molecule has 0 aliphatic carbocycles. The number of rotatable bonds is 4. The van der Waals surface area contributed by atoms with Gasteiger partial charge in [0.15, 0.2) is 0 Å². The smallest absolute Gasteiger partial charge is 0.336 e. The van der Waals surface area contributed by atoms with Gasteiger partial charge in [-0.05, 0) is 55.1 Å². The molecule has 0 spiro atoms. The molecule has 3 saturated heterocycles. The van der Waals surface area contributed by atoms with Gasteiger partial charge >= 0.3 is 5.97 Å². The van der Waals surface area contributed by atoms with E-state index in [0.717, 1.165) is 43.6 Å². The number of amides is 1. The number of hydrogen-bond acceptors (Lipinski definition) is 3. The molecule has 2 N–H and O–H groups in total. The Balaban J connectivity index is 1.63. The normalized spacial score (nSPS) is 24.2. The van der Waals surface area contributed by atoms with Crippen LogP contribution in [0.3, 0.4) is 0 Å². The van der Waals surface area contributed by atoms with Gasteiger partial charge in [-0.3, -0.25) is 4.79 Å². The monoisotopic (exact) mass is 350 g/mol. The molecule has 0 aromatic heterocycles. The molecule has 5 rings (SSSR count). The van der Waals surface area contributed by atoms with Crippen LogP contribution in [0.5, 0.6) is 0 Å². The number of nitrogens with zero attached hydrogens (tertiary/aromatic N) is 1. The fourth-order valence-corrected chi connectivity index (χ4v) is 4.10. The molecular weight excluding hydrogens is 328 g/mol. The topological polar surface area (TPSA) is 69.6 Å². The van der Waals surface area contributed by atoms with Crippen LogP contribution in [0.25, 0.3) is 11.1 Å². The van der Waals surface area contributed by atoms with Gasteiger partial charge in [0, 0.05) is 12.6 Å². The van der Waals surface area contributed by atoms with E-state index < -0.39 is 5.97 Å². The highest BCUT2D eigenvalue weighted by Gasteiger charge is 2.35. The Morgan fingerprint density at radius 1 is 0.962 bits per heavy atom. The molecule has 5 nitrogen and oxygen atoms in total. The first-order chi connectivity index (χ1) is 12.6. The van der Waals surface area contributed by atoms with E-state index in [9.17, 15) is 14.7 Å². The van der Waals surface area contributed by atoms with Gasteiger partial charge in [-0.2, -0.15) is 0 Å². The van der Waals surface area contributed by atoms with E-state index in [1.807, 2.05) is 30.3 Å². The van der Waals surface area contributed by atoms with Gasteiger partial charge in [-0.25, -0.2) is 4.79 Å². The Kier molecular flexibility index (Phi) is 4.47. The van der Waals surface area contributed by atoms with Gasteiger partial charge in [-0.1, -0.05) is 36.4 Å². The molecule has 5 heteroatoms. The summed E-state index contributed by atoms with van der Waals surface area (Å²) in [4.78, 5) is 26.9. The van der Waals surface area contributed by atoms with E-state index in [4.69, 9.17) is 0 Å². The Labute approximate surface area is 152 Å². The summed E-state index contributed by atoms with van der Waals surface area (Å²) in [6, 6.07) is 14.7. The van der Waals surface area contributed by atoms with E-state index in [2.05, 4.69) is 10.2 Å². The maximum atomic E-state index is 12.9. The predicted molar refractivity (Wildman–Crippen MR) is 99.3 cm³/mol. The number of carbonyl (C=O) groups is 2. The summed E-state index contributed by atoms with van der Waals surface area (Å²) in [5, 5.41) is 12.6. The minimum Gasteiger partial charge on any atom is -0.478 e. The van der Waals surface area contributed by atoms with Gasteiger partial charge in [0.25, 0.3) is 5.91 Å². The molecule has 0 radical (unpaired) electrons. The van der Waals surface area contributed by atoms with Crippen molar-refractivity contribution in [2.45, 2.75) is 18.9 Å². The Bertz CT molecular complexity index is 826. The van der Waals surface area contributed by atoms with Crippen molar-refractivity contribution < 1.29 is 14.7 Å². The summed E-state index contributed by atoms with van der Waals surface area (Å²) in [5.74, 6) is -0.878. The minimum atomic E-state index is -1.08. The average Bonchev–Trinajstić information content (AvgIpc) is 2.69. The number of carboxylic acid groups (broad SMARTS) is 1. The lowest BCUT2D eigenvalue weighted by Crippen LogP contribution is -2.57. The van der Waals surface area contributed by atoms with E-state index in [-0.39, 0.29) is 23.1 Å². The summed E-state index contributed by atoms with van der Waals surface area (Å²) in [6.45, 7) is 3.05. The number of hydrogen-bond donors (Lipinski definition) is 2. The summed E-state index contributed by atoms with van der Waals surface area (Å²) in [7, 11) is 0. The first kappa shape index (κ1) is 16.8. The number of fused-ring (bicyclic) bond motifs is 3. The predicted octanol–water partition coefficient (Wildman–Crippen LogP) is 2.88. The number of aromatic carboxylic acids is 1. The highest BCUT2D eigenvalue weighted by Crippen LogP contribution is 2.28. The fourth-order valence-electron chi connectivity index (χ4n) is 4.10. The standard InChI is InChI=1S/C21H22N2O3/c24-20(22-19-13-23-10-8-15(19)9-11-23)18-12-16(6-7-17(18)21(25)26)14-4-2-1-3-5-14/h1-7,12,15,19H,8-11,13H2,(H,22,24)(H,25,26)/t19-/m0/s1. The van der Waals surface area contributed by atoms with E-state index >= 15 is 0 Å². The second kappa shape index (κ2) is 6.92. The van der Waals surface area contributed by atoms with Gasteiger partial charge in [0.05, 0.1) is 11.1 Å². The van der Waals surface area contributed by atoms with Crippen LogP contribution in [0.15, 0.2) is 48.5 Å². The lowest BCUT2D eigenvalue weighted by atomic mass is 9.84. The van der Waals surface area contributed by atoms with E-state index in [1.54, 1.807) is 12.1 Å². The largest absolute Gasteiger partial charge is 0.478 e. The van der Waals surface area contributed by atoms with Crippen LogP contribution < -0.4 is 5.32 Å². The second-order valence-electron chi connectivity index (χ2n) is 7.15. The molecule has 2 aromatic rings. The maximum absolute atomic E-state index is 12.9. The van der Waals surface area contributed by atoms with Crippen molar-refractivity contribution in [3.8, 4) is 11.1 Å². The van der Waals surface area contributed by atoms with Crippen LogP contribution >= 0.6 is 0 Å². The van der Waals surface area contributed by atoms with Crippen molar-refractivity contribution in [2.75, 3.05) is 19.6 Å². The summed E-state index contributed by atoms with van der Waals surface area (Å²) < 4.78 is 0. The van der Waals surface area contributed by atoms with Crippen LogP contribution in [0.4, 0.5) is 0 Å². The van der Waals surface area contributed by atoms with Crippen molar-refractivity contribution >= 4 is 11.9 Å². The quantitative estimate of drug-likeness (QED) is 0.890. The molecule has 3 heterocycles. The molecular formula is C21H22N2O3. The van der Waals surface area contributed by atoms with Gasteiger partial charge in [0.2, 0.25) is 0 Å². The van der Waals surface area contributed by atoms with Gasteiger partial charge in [0.1, 0.15) is 0 Å². The minimum absolute atomic E-state index is 0.0449. The van der Waals surface area contributed by atoms with E-state index in [0.29, 0.717) is 5.92 Å². The third-order valence-electron chi connectivity index (χ3n) is 5.57. The molecule has 0 unspecified atom stereocenters. The van der Waals surface area contributed by atoms with Gasteiger partial charge < -0.3 is 15.3 Å². The molecule has 2 aromatic carbocycles. The molecule has 3 fully saturated rings. The second-order valence-corrected chi connectivity index (χ2v) is 7.15. The Hall–Kier alpha value is -2.66. The first-order valence-electron chi connectivity index (χ1n) is 9.08. The lowest BCUT2D eigenvalue weighted by molar-refractivity contribution is 0.0611. The average molecular weight is 350 g/mol. The van der Waals surface area contributed by atoms with Crippen molar-refractivity contribution in [1.82, 2.24) is 10.2 Å². The summed E-state index contributed by atoms with van der Waals surface area (Å²) in [5.41, 5.74) is 2.08. The lowest BCUT2D eigenvalue weighted by Gasteiger charge is -2.44. The van der Waals surface area contributed by atoms with Crippen molar-refractivity contribution in [1.29, 1.82) is 0 Å². The highest BCUT2D eigenvalue weighted by atomic mass is 16.4. The van der Waals surface area contributed by atoms with Crippen molar-refractivity contribution in [3.63, 3.8) is 0 Å². The Morgan fingerprint density at radius 3 is 2.31 bits per heavy atom. The number of carbonyl (C=O) groups excluding carboxylic acids is 1. The Morgan fingerprint density at radius 2 is 1.69 bits per heavy atom. The molecule has 2 bridgehead atoms. The number of benzene rings is 2. The molecule has 3 aliphatic rings. The molecule has 1 amide bonds. The summed E-state index contributed by atoms with van der Waals surface area (Å²) >= 11 is 0. The van der Waals surface area contributed by atoms with Gasteiger partial charge in [-0.15, -0.1) is 0 Å². The van der Waals surface area contributed by atoms with Crippen LogP contribution in [0.1, 0.15) is 33.6 Å². The molecule has 26 heavy (non-hydrogen) atoms. The number of piperidine rings is 3. The zero-order valence-corrected chi connectivity index (χ0v) is 14.5. The maximum Gasteiger partial charge on any atom is 0.336 e. The molecule has 134 valence electrons. The zero-order chi connectivity index (χ0) is 18.1. The summed E-state index contributed by atoms with van der Waals surface area (Å²) in [6.07, 6.45) is 2.20. The molecule has 3 aliphatic heterocycles. The van der Waals surface area contributed by atoms with E-state index in [1.165, 1.54) is 6.07 Å². The van der Waals surface area contributed by atoms with Crippen molar-refractivity contribution in [2.24, 2.45) is 5.92 Å². The zero-order valence-electron chi connectivity index (χ0n) is 14.5. The third kappa shape index (κ3) is 3.22. The van der Waals surface area contributed by atoms with Crippen molar-refractivity contribution in [3.05, 3.63) is 59.7 Å². The van der Waals surface area contributed by atoms with Crippen LogP contribution in [0.2, 0.25) is 0 Å². The van der Waals surface area contributed by atoms with Crippen LogP contribution in [-0.2, 0) is 0 Å². The number of nitrogens with one attached hydrogen (secondary N) is 1. The molecule has 1 atom stereocenters. The fraction of sp³-hybridized carbons (Fsp3) is 0.333. The highest BCUT2D eigenvalue weighted by molar-refractivity contribution is 6.05. The first-order valence-corrected chi connectivity index (χ1v) is 9.08.